The molecule has 0 bridgehead atoms. The van der Waals surface area contributed by atoms with Gasteiger partial charge in [0.05, 0.1) is 5.92 Å². The highest BCUT2D eigenvalue weighted by molar-refractivity contribution is 5.78. The van der Waals surface area contributed by atoms with Gasteiger partial charge in [0, 0.05) is 5.56 Å². The summed E-state index contributed by atoms with van der Waals surface area (Å²) in [6, 6.07) is 15.0. The van der Waals surface area contributed by atoms with Gasteiger partial charge in [0.2, 0.25) is 0 Å². The summed E-state index contributed by atoms with van der Waals surface area (Å²) in [5.74, 6) is 1.27. The van der Waals surface area contributed by atoms with Gasteiger partial charge >= 0.3 is 5.97 Å². The highest BCUT2D eigenvalue weighted by atomic mass is 16.5. The van der Waals surface area contributed by atoms with E-state index in [1.807, 2.05) is 36.4 Å². The predicted octanol–water partition coefficient (Wildman–Crippen LogP) is 5.68. The quantitative estimate of drug-likeness (QED) is 0.266. The third-order valence-electron chi connectivity index (χ3n) is 5.24. The van der Waals surface area contributed by atoms with Gasteiger partial charge in [-0.1, -0.05) is 69.0 Å². The van der Waals surface area contributed by atoms with Crippen LogP contribution in [0.15, 0.2) is 48.5 Å². The Hall–Kier alpha value is -2.42. The van der Waals surface area contributed by atoms with Crippen LogP contribution >= 0.6 is 0 Å². The van der Waals surface area contributed by atoms with E-state index >= 15 is 0 Å². The number of unbranched alkanes of at least 4 members (excludes halogenated alkanes) is 2. The van der Waals surface area contributed by atoms with Gasteiger partial charge in [-0.25, -0.2) is 0 Å². The van der Waals surface area contributed by atoms with E-state index in [9.17, 15) is 9.59 Å². The molecule has 0 unspecified atom stereocenters. The average Bonchev–Trinajstić information content (AvgIpc) is 2.64. The van der Waals surface area contributed by atoms with Crippen molar-refractivity contribution in [2.45, 2.75) is 45.4 Å². The minimum atomic E-state index is -0.0974. The van der Waals surface area contributed by atoms with Gasteiger partial charge < -0.3 is 4.74 Å². The van der Waals surface area contributed by atoms with Gasteiger partial charge in [0.1, 0.15) is 12.0 Å². The van der Waals surface area contributed by atoms with Crippen molar-refractivity contribution in [3.05, 3.63) is 54.1 Å². The molecule has 1 fully saturated rings. The van der Waals surface area contributed by atoms with Crippen LogP contribution in [0.25, 0.3) is 11.1 Å². The molecule has 0 amide bonds. The number of esters is 1. The second kappa shape index (κ2) is 8.79. The molecule has 3 rings (SSSR count). The minimum Gasteiger partial charge on any atom is -0.426 e. The highest BCUT2D eigenvalue weighted by Crippen LogP contribution is 2.38. The molecular weight excluding hydrogens is 324 g/mol. The zero-order chi connectivity index (χ0) is 18.4. The molecule has 0 aliphatic heterocycles. The van der Waals surface area contributed by atoms with Crippen molar-refractivity contribution in [3.63, 3.8) is 0 Å². The van der Waals surface area contributed by atoms with Gasteiger partial charge in [0.15, 0.2) is 0 Å². The Balaban J connectivity index is 1.50. The van der Waals surface area contributed by atoms with Crippen LogP contribution in [0.5, 0.6) is 5.75 Å². The third kappa shape index (κ3) is 4.60. The van der Waals surface area contributed by atoms with Crippen molar-refractivity contribution in [2.75, 3.05) is 0 Å². The number of hydrogen-bond acceptors (Lipinski definition) is 3. The van der Waals surface area contributed by atoms with E-state index in [1.165, 1.54) is 25.7 Å². The third-order valence-corrected chi connectivity index (χ3v) is 5.24. The molecule has 26 heavy (non-hydrogen) atoms. The summed E-state index contributed by atoms with van der Waals surface area (Å²) in [5.41, 5.74) is 2.72. The number of aldehydes is 1. The van der Waals surface area contributed by atoms with Crippen LogP contribution in [0.1, 0.15) is 55.8 Å². The SMILES string of the molecule is CCCCCC1CC(C(=O)Oc2ccc(-c3ccc(C=O)cc3)cc2)C1. The highest BCUT2D eigenvalue weighted by Gasteiger charge is 2.35. The molecule has 0 saturated heterocycles. The maximum atomic E-state index is 12.2. The van der Waals surface area contributed by atoms with E-state index in [0.717, 1.165) is 30.3 Å². The maximum Gasteiger partial charge on any atom is 0.314 e. The Labute approximate surface area is 155 Å². The van der Waals surface area contributed by atoms with E-state index < -0.39 is 0 Å². The topological polar surface area (TPSA) is 43.4 Å². The summed E-state index contributed by atoms with van der Waals surface area (Å²) in [6.07, 6.45) is 7.84. The first-order valence-corrected chi connectivity index (χ1v) is 9.57. The molecule has 0 aromatic heterocycles. The largest absolute Gasteiger partial charge is 0.426 e. The molecule has 0 radical (unpaired) electrons. The van der Waals surface area contributed by atoms with Crippen molar-refractivity contribution in [2.24, 2.45) is 11.8 Å². The van der Waals surface area contributed by atoms with Gasteiger partial charge in [-0.05, 0) is 42.0 Å². The van der Waals surface area contributed by atoms with Crippen LogP contribution in [-0.2, 0) is 4.79 Å². The first-order chi connectivity index (χ1) is 12.7. The van der Waals surface area contributed by atoms with E-state index in [1.54, 1.807) is 12.1 Å². The molecule has 3 nitrogen and oxygen atoms in total. The average molecular weight is 350 g/mol. The number of carbonyl (C=O) groups is 2. The lowest BCUT2D eigenvalue weighted by molar-refractivity contribution is -0.143. The summed E-state index contributed by atoms with van der Waals surface area (Å²) in [6.45, 7) is 2.21. The number of benzene rings is 2. The van der Waals surface area contributed by atoms with Gasteiger partial charge in [0.25, 0.3) is 0 Å². The Kier molecular flexibility index (Phi) is 6.21. The van der Waals surface area contributed by atoms with Crippen molar-refractivity contribution in [3.8, 4) is 16.9 Å². The molecular formula is C23H26O3. The smallest absolute Gasteiger partial charge is 0.314 e. The van der Waals surface area contributed by atoms with Crippen molar-refractivity contribution in [1.29, 1.82) is 0 Å². The zero-order valence-electron chi connectivity index (χ0n) is 15.3. The van der Waals surface area contributed by atoms with Crippen LogP contribution in [0, 0.1) is 11.8 Å². The number of carbonyl (C=O) groups excluding carboxylic acids is 2. The molecule has 0 spiro atoms. The fourth-order valence-electron chi connectivity index (χ4n) is 3.52. The Morgan fingerprint density at radius 3 is 2.19 bits per heavy atom. The molecule has 0 N–H and O–H groups in total. The fourth-order valence-corrected chi connectivity index (χ4v) is 3.52. The van der Waals surface area contributed by atoms with Gasteiger partial charge in [-0.15, -0.1) is 0 Å². The molecule has 136 valence electrons. The lowest BCUT2D eigenvalue weighted by Gasteiger charge is -2.33. The lowest BCUT2D eigenvalue weighted by Crippen LogP contribution is -2.33. The summed E-state index contributed by atoms with van der Waals surface area (Å²) >= 11 is 0. The van der Waals surface area contributed by atoms with Gasteiger partial charge in [-0.3, -0.25) is 9.59 Å². The Morgan fingerprint density at radius 1 is 1.00 bits per heavy atom. The number of ether oxygens (including phenoxy) is 1. The normalized spacial score (nSPS) is 18.8. The van der Waals surface area contributed by atoms with Crippen LogP contribution in [-0.4, -0.2) is 12.3 Å². The van der Waals surface area contributed by atoms with E-state index in [0.29, 0.717) is 17.2 Å². The first-order valence-electron chi connectivity index (χ1n) is 9.57. The fraction of sp³-hybridized carbons (Fsp3) is 0.391. The molecule has 1 aliphatic rings. The minimum absolute atomic E-state index is 0.0668. The van der Waals surface area contributed by atoms with Crippen LogP contribution in [0.4, 0.5) is 0 Å². The maximum absolute atomic E-state index is 12.2. The predicted molar refractivity (Wildman–Crippen MR) is 103 cm³/mol. The molecule has 2 aromatic rings. The zero-order valence-corrected chi connectivity index (χ0v) is 15.3. The van der Waals surface area contributed by atoms with Crippen molar-refractivity contribution >= 4 is 12.3 Å². The second-order valence-electron chi connectivity index (χ2n) is 7.22. The standard InChI is InChI=1S/C23H26O3/c1-2-3-4-5-18-14-21(15-18)23(25)26-22-12-10-20(11-13-22)19-8-6-17(16-24)7-9-19/h6-13,16,18,21H,2-5,14-15H2,1H3. The summed E-state index contributed by atoms with van der Waals surface area (Å²) in [4.78, 5) is 23.0. The van der Waals surface area contributed by atoms with Crippen molar-refractivity contribution in [1.82, 2.24) is 0 Å². The first kappa shape index (κ1) is 18.4. The van der Waals surface area contributed by atoms with Crippen LogP contribution in [0.2, 0.25) is 0 Å². The molecule has 3 heteroatoms. The molecule has 1 saturated carbocycles. The van der Waals surface area contributed by atoms with Gasteiger partial charge in [-0.2, -0.15) is 0 Å². The lowest BCUT2D eigenvalue weighted by atomic mass is 9.72. The Bertz CT molecular complexity index is 725. The monoisotopic (exact) mass is 350 g/mol. The number of hydrogen-bond donors (Lipinski definition) is 0. The second-order valence-corrected chi connectivity index (χ2v) is 7.22. The summed E-state index contributed by atoms with van der Waals surface area (Å²) in [5, 5.41) is 0. The Morgan fingerprint density at radius 2 is 1.62 bits per heavy atom. The number of rotatable bonds is 8. The van der Waals surface area contributed by atoms with Crippen LogP contribution in [0.3, 0.4) is 0 Å². The van der Waals surface area contributed by atoms with Crippen molar-refractivity contribution < 1.29 is 14.3 Å². The molecule has 2 aromatic carbocycles. The van der Waals surface area contributed by atoms with Crippen LogP contribution < -0.4 is 4.74 Å². The molecule has 1 aliphatic carbocycles. The van der Waals surface area contributed by atoms with E-state index in [-0.39, 0.29) is 11.9 Å². The molecule has 0 atom stereocenters. The van der Waals surface area contributed by atoms with E-state index in [4.69, 9.17) is 4.74 Å². The summed E-state index contributed by atoms with van der Waals surface area (Å²) in [7, 11) is 0. The molecule has 0 heterocycles. The summed E-state index contributed by atoms with van der Waals surface area (Å²) < 4.78 is 5.53. The van der Waals surface area contributed by atoms with E-state index in [2.05, 4.69) is 6.92 Å².